The molecule has 1 fully saturated rings. The minimum absolute atomic E-state index is 0.0833. The number of nitrogens with two attached hydrogens (primary N) is 1. The molecule has 88 valence electrons. The Hall–Kier alpha value is -0.610. The summed E-state index contributed by atoms with van der Waals surface area (Å²) in [6, 6.07) is -0.409. The maximum atomic E-state index is 11.4. The molecular weight excluding hydrogens is 192 g/mol. The van der Waals surface area contributed by atoms with E-state index in [0.717, 1.165) is 12.5 Å². The van der Waals surface area contributed by atoms with E-state index in [1.807, 2.05) is 13.8 Å². The van der Waals surface area contributed by atoms with Crippen LogP contribution < -0.4 is 11.1 Å². The lowest BCUT2D eigenvalue weighted by molar-refractivity contribution is -0.123. The van der Waals surface area contributed by atoms with Gasteiger partial charge in [-0.1, -0.05) is 13.8 Å². The molecule has 1 saturated carbocycles. The van der Waals surface area contributed by atoms with Gasteiger partial charge in [-0.3, -0.25) is 4.79 Å². The highest BCUT2D eigenvalue weighted by molar-refractivity contribution is 5.81. The van der Waals surface area contributed by atoms with Crippen molar-refractivity contribution in [3.63, 3.8) is 0 Å². The molecule has 1 rings (SSSR count). The summed E-state index contributed by atoms with van der Waals surface area (Å²) in [5.41, 5.74) is 5.68. The first-order chi connectivity index (χ1) is 7.11. The summed E-state index contributed by atoms with van der Waals surface area (Å²) in [6.07, 6.45) is 2.59. The highest BCUT2D eigenvalue weighted by Crippen LogP contribution is 2.28. The maximum absolute atomic E-state index is 11.4. The molecule has 0 aromatic heterocycles. The number of ether oxygens (including phenoxy) is 1. The normalized spacial score (nSPS) is 17.9. The maximum Gasteiger partial charge on any atom is 0.237 e. The van der Waals surface area contributed by atoms with Crippen molar-refractivity contribution in [3.05, 3.63) is 0 Å². The SMILES string of the molecule is CC(C)[C@H](N)C(=O)NCCOCC1CC1. The summed E-state index contributed by atoms with van der Waals surface area (Å²) in [6.45, 7) is 5.87. The smallest absolute Gasteiger partial charge is 0.237 e. The molecule has 0 aromatic rings. The van der Waals surface area contributed by atoms with Gasteiger partial charge in [-0.2, -0.15) is 0 Å². The molecule has 0 aliphatic heterocycles. The molecular formula is C11H22N2O2. The zero-order chi connectivity index (χ0) is 11.3. The van der Waals surface area contributed by atoms with Crippen LogP contribution in [-0.2, 0) is 9.53 Å². The van der Waals surface area contributed by atoms with E-state index in [2.05, 4.69) is 5.32 Å². The van der Waals surface area contributed by atoms with Crippen LogP contribution in [0.15, 0.2) is 0 Å². The van der Waals surface area contributed by atoms with Crippen LogP contribution in [0.5, 0.6) is 0 Å². The first kappa shape index (κ1) is 12.5. The summed E-state index contributed by atoms with van der Waals surface area (Å²) >= 11 is 0. The van der Waals surface area contributed by atoms with Gasteiger partial charge in [0, 0.05) is 13.2 Å². The number of carbonyl (C=O) groups excluding carboxylic acids is 1. The topological polar surface area (TPSA) is 64.4 Å². The summed E-state index contributed by atoms with van der Waals surface area (Å²) in [4.78, 5) is 11.4. The third-order valence-electron chi connectivity index (χ3n) is 2.62. The Balaban J connectivity index is 1.95. The number of rotatable bonds is 7. The van der Waals surface area contributed by atoms with Gasteiger partial charge in [-0.15, -0.1) is 0 Å². The van der Waals surface area contributed by atoms with E-state index in [9.17, 15) is 4.79 Å². The molecule has 0 saturated heterocycles. The van der Waals surface area contributed by atoms with Crippen molar-refractivity contribution in [1.82, 2.24) is 5.32 Å². The second kappa shape index (κ2) is 6.08. The molecule has 1 aliphatic carbocycles. The zero-order valence-corrected chi connectivity index (χ0v) is 9.66. The van der Waals surface area contributed by atoms with Gasteiger partial charge in [0.1, 0.15) is 0 Å². The number of hydrogen-bond donors (Lipinski definition) is 2. The monoisotopic (exact) mass is 214 g/mol. The molecule has 3 N–H and O–H groups in total. The Kier molecular flexibility index (Phi) is 5.05. The first-order valence-electron chi connectivity index (χ1n) is 5.72. The van der Waals surface area contributed by atoms with Crippen molar-refractivity contribution >= 4 is 5.91 Å². The third-order valence-corrected chi connectivity index (χ3v) is 2.62. The number of nitrogens with one attached hydrogen (secondary N) is 1. The van der Waals surface area contributed by atoms with Crippen LogP contribution in [0, 0.1) is 11.8 Å². The average molecular weight is 214 g/mol. The molecule has 0 spiro atoms. The molecule has 1 aliphatic rings. The van der Waals surface area contributed by atoms with Crippen LogP contribution in [0.3, 0.4) is 0 Å². The molecule has 0 radical (unpaired) electrons. The predicted octanol–water partition coefficient (Wildman–Crippen LogP) is 0.513. The second-order valence-electron chi connectivity index (χ2n) is 4.58. The molecule has 0 aromatic carbocycles. The predicted molar refractivity (Wildman–Crippen MR) is 59.4 cm³/mol. The second-order valence-corrected chi connectivity index (χ2v) is 4.58. The van der Waals surface area contributed by atoms with E-state index in [-0.39, 0.29) is 11.8 Å². The standard InChI is InChI=1S/C11H22N2O2/c1-8(2)10(12)11(14)13-5-6-15-7-9-3-4-9/h8-10H,3-7,12H2,1-2H3,(H,13,14)/t10-/m0/s1. The van der Waals surface area contributed by atoms with Crippen LogP contribution in [-0.4, -0.2) is 31.7 Å². The molecule has 0 heterocycles. The van der Waals surface area contributed by atoms with Crippen LogP contribution >= 0.6 is 0 Å². The van der Waals surface area contributed by atoms with E-state index >= 15 is 0 Å². The fourth-order valence-corrected chi connectivity index (χ4v) is 1.20. The molecule has 4 heteroatoms. The van der Waals surface area contributed by atoms with Crippen LogP contribution in [0.25, 0.3) is 0 Å². The molecule has 15 heavy (non-hydrogen) atoms. The van der Waals surface area contributed by atoms with Gasteiger partial charge in [0.2, 0.25) is 5.91 Å². The van der Waals surface area contributed by atoms with Crippen molar-refractivity contribution in [2.45, 2.75) is 32.7 Å². The van der Waals surface area contributed by atoms with Gasteiger partial charge in [0.15, 0.2) is 0 Å². The zero-order valence-electron chi connectivity index (χ0n) is 9.66. The van der Waals surface area contributed by atoms with Gasteiger partial charge in [-0.25, -0.2) is 0 Å². The van der Waals surface area contributed by atoms with Gasteiger partial charge in [0.05, 0.1) is 12.6 Å². The average Bonchev–Trinajstić information content (AvgIpc) is 2.99. The van der Waals surface area contributed by atoms with Crippen LogP contribution in [0.2, 0.25) is 0 Å². The van der Waals surface area contributed by atoms with E-state index < -0.39 is 6.04 Å². The minimum atomic E-state index is -0.409. The van der Waals surface area contributed by atoms with Crippen molar-refractivity contribution in [3.8, 4) is 0 Å². The van der Waals surface area contributed by atoms with Crippen molar-refractivity contribution in [1.29, 1.82) is 0 Å². The summed E-state index contributed by atoms with van der Waals surface area (Å²) in [5.74, 6) is 0.871. The van der Waals surface area contributed by atoms with E-state index in [1.165, 1.54) is 12.8 Å². The molecule has 1 atom stereocenters. The third kappa shape index (κ3) is 5.14. The molecule has 0 unspecified atom stereocenters. The van der Waals surface area contributed by atoms with Crippen molar-refractivity contribution < 1.29 is 9.53 Å². The molecule has 4 nitrogen and oxygen atoms in total. The summed E-state index contributed by atoms with van der Waals surface area (Å²) in [7, 11) is 0. The Morgan fingerprint density at radius 2 is 2.20 bits per heavy atom. The van der Waals surface area contributed by atoms with Gasteiger partial charge in [-0.05, 0) is 24.7 Å². The van der Waals surface area contributed by atoms with Crippen molar-refractivity contribution in [2.24, 2.45) is 17.6 Å². The fourth-order valence-electron chi connectivity index (χ4n) is 1.20. The Bertz CT molecular complexity index is 203. The van der Waals surface area contributed by atoms with Crippen LogP contribution in [0.1, 0.15) is 26.7 Å². The quantitative estimate of drug-likeness (QED) is 0.607. The Morgan fingerprint density at radius 1 is 1.53 bits per heavy atom. The lowest BCUT2D eigenvalue weighted by Gasteiger charge is -2.15. The van der Waals surface area contributed by atoms with Crippen LogP contribution in [0.4, 0.5) is 0 Å². The molecule has 1 amide bonds. The Labute approximate surface area is 91.5 Å². The first-order valence-corrected chi connectivity index (χ1v) is 5.72. The summed E-state index contributed by atoms with van der Waals surface area (Å²) < 4.78 is 5.39. The minimum Gasteiger partial charge on any atom is -0.379 e. The van der Waals surface area contributed by atoms with E-state index in [4.69, 9.17) is 10.5 Å². The highest BCUT2D eigenvalue weighted by atomic mass is 16.5. The number of amides is 1. The molecule has 0 bridgehead atoms. The van der Waals surface area contributed by atoms with Crippen molar-refractivity contribution in [2.75, 3.05) is 19.8 Å². The van der Waals surface area contributed by atoms with Gasteiger partial charge >= 0.3 is 0 Å². The fraction of sp³-hybridized carbons (Fsp3) is 0.909. The van der Waals surface area contributed by atoms with Gasteiger partial charge in [0.25, 0.3) is 0 Å². The largest absolute Gasteiger partial charge is 0.379 e. The number of carbonyl (C=O) groups is 1. The van der Waals surface area contributed by atoms with E-state index in [0.29, 0.717) is 13.2 Å². The van der Waals surface area contributed by atoms with E-state index in [1.54, 1.807) is 0 Å². The van der Waals surface area contributed by atoms with Gasteiger partial charge < -0.3 is 15.8 Å². The summed E-state index contributed by atoms with van der Waals surface area (Å²) in [5, 5.41) is 2.77. The number of hydrogen-bond acceptors (Lipinski definition) is 3. The Morgan fingerprint density at radius 3 is 2.73 bits per heavy atom. The lowest BCUT2D eigenvalue weighted by atomic mass is 10.1. The lowest BCUT2D eigenvalue weighted by Crippen LogP contribution is -2.44. The highest BCUT2D eigenvalue weighted by Gasteiger charge is 2.21.